The highest BCUT2D eigenvalue weighted by Gasteiger charge is 2.30. The van der Waals surface area contributed by atoms with Crippen LogP contribution >= 0.6 is 11.6 Å². The molecule has 1 saturated heterocycles. The summed E-state index contributed by atoms with van der Waals surface area (Å²) >= 11 is 5.93. The number of carbonyl (C=O) groups excluding carboxylic acids is 2. The van der Waals surface area contributed by atoms with E-state index in [1.54, 1.807) is 17.0 Å². The molecule has 1 atom stereocenters. The van der Waals surface area contributed by atoms with Crippen LogP contribution in [-0.4, -0.2) is 29.3 Å². The summed E-state index contributed by atoms with van der Waals surface area (Å²) in [6.45, 7) is 0.706. The van der Waals surface area contributed by atoms with Gasteiger partial charge >= 0.3 is 0 Å². The van der Waals surface area contributed by atoms with Crippen molar-refractivity contribution in [1.29, 1.82) is 0 Å². The van der Waals surface area contributed by atoms with Gasteiger partial charge in [-0.2, -0.15) is 0 Å². The number of benzene rings is 2. The summed E-state index contributed by atoms with van der Waals surface area (Å²) in [6, 6.07) is 9.82. The molecular weight excluding hydrogens is 362 g/mol. The van der Waals surface area contributed by atoms with Crippen LogP contribution in [0, 0.1) is 11.6 Å². The summed E-state index contributed by atoms with van der Waals surface area (Å²) in [6.07, 6.45) is -0.00784. The van der Waals surface area contributed by atoms with Crippen molar-refractivity contribution < 1.29 is 18.4 Å². The van der Waals surface area contributed by atoms with Crippen LogP contribution in [-0.2, 0) is 22.6 Å². The lowest BCUT2D eigenvalue weighted by atomic mass is 10.1. The number of nitrogens with zero attached hydrogens (tertiary/aromatic N) is 1. The fourth-order valence-corrected chi connectivity index (χ4v) is 3.20. The van der Waals surface area contributed by atoms with Gasteiger partial charge in [-0.25, -0.2) is 8.78 Å². The van der Waals surface area contributed by atoms with Crippen LogP contribution in [0.4, 0.5) is 8.78 Å². The zero-order valence-electron chi connectivity index (χ0n) is 13.8. The highest BCUT2D eigenvalue weighted by atomic mass is 35.5. The molecule has 1 aliphatic rings. The molecule has 136 valence electrons. The van der Waals surface area contributed by atoms with Crippen LogP contribution in [0.2, 0.25) is 5.02 Å². The standard InChI is InChI=1S/C19H17ClF2N2O2/c20-16-2-1-3-17(22)15(16)9-18(25)23-14-8-19(26)24(11-14)10-12-4-6-13(21)7-5-12/h1-7,14H,8-11H2,(H,23,25)/t14-/m0/s1. The quantitative estimate of drug-likeness (QED) is 0.869. The molecular formula is C19H17ClF2N2O2. The second kappa shape index (κ2) is 7.83. The summed E-state index contributed by atoms with van der Waals surface area (Å²) in [4.78, 5) is 25.9. The Labute approximate surface area is 154 Å². The maximum Gasteiger partial charge on any atom is 0.225 e. The fourth-order valence-electron chi connectivity index (χ4n) is 2.97. The van der Waals surface area contributed by atoms with Crippen molar-refractivity contribution in [3.05, 3.63) is 70.2 Å². The van der Waals surface area contributed by atoms with Crippen molar-refractivity contribution in [1.82, 2.24) is 10.2 Å². The van der Waals surface area contributed by atoms with Crippen molar-refractivity contribution in [3.63, 3.8) is 0 Å². The molecule has 1 heterocycles. The summed E-state index contributed by atoms with van der Waals surface area (Å²) in [5.41, 5.74) is 0.948. The molecule has 2 aromatic rings. The average molecular weight is 379 g/mol. The lowest BCUT2D eigenvalue weighted by Gasteiger charge is -2.17. The molecule has 0 spiro atoms. The number of amides is 2. The predicted octanol–water partition coefficient (Wildman–Crippen LogP) is 3.08. The Bertz CT molecular complexity index is 807. The van der Waals surface area contributed by atoms with Crippen molar-refractivity contribution in [2.24, 2.45) is 0 Å². The number of rotatable bonds is 5. The van der Waals surface area contributed by atoms with Gasteiger partial charge in [-0.3, -0.25) is 9.59 Å². The largest absolute Gasteiger partial charge is 0.351 e. The Hall–Kier alpha value is -2.47. The first-order valence-electron chi connectivity index (χ1n) is 8.17. The molecule has 2 aromatic carbocycles. The van der Waals surface area contributed by atoms with E-state index in [4.69, 9.17) is 11.6 Å². The minimum atomic E-state index is -0.534. The van der Waals surface area contributed by atoms with E-state index in [1.165, 1.54) is 30.3 Å². The second-order valence-corrected chi connectivity index (χ2v) is 6.65. The molecule has 0 radical (unpaired) electrons. The monoisotopic (exact) mass is 378 g/mol. The molecule has 0 aliphatic carbocycles. The molecule has 7 heteroatoms. The van der Waals surface area contributed by atoms with E-state index in [0.717, 1.165) is 5.56 Å². The number of hydrogen-bond acceptors (Lipinski definition) is 2. The van der Waals surface area contributed by atoms with Gasteiger partial charge in [0.05, 0.1) is 12.5 Å². The van der Waals surface area contributed by atoms with Crippen LogP contribution in [0.15, 0.2) is 42.5 Å². The van der Waals surface area contributed by atoms with Crippen molar-refractivity contribution in [2.75, 3.05) is 6.54 Å². The first-order chi connectivity index (χ1) is 12.4. The summed E-state index contributed by atoms with van der Waals surface area (Å²) in [5.74, 6) is -1.35. The smallest absolute Gasteiger partial charge is 0.225 e. The third kappa shape index (κ3) is 4.38. The average Bonchev–Trinajstić information content (AvgIpc) is 2.92. The highest BCUT2D eigenvalue weighted by molar-refractivity contribution is 6.31. The van der Waals surface area contributed by atoms with Gasteiger partial charge in [-0.05, 0) is 29.8 Å². The summed E-state index contributed by atoms with van der Waals surface area (Å²) < 4.78 is 26.7. The third-order valence-electron chi connectivity index (χ3n) is 4.27. The van der Waals surface area contributed by atoms with Crippen LogP contribution in [0.3, 0.4) is 0 Å². The molecule has 1 N–H and O–H groups in total. The van der Waals surface area contributed by atoms with E-state index in [9.17, 15) is 18.4 Å². The van der Waals surface area contributed by atoms with Gasteiger partial charge < -0.3 is 10.2 Å². The Kier molecular flexibility index (Phi) is 5.52. The third-order valence-corrected chi connectivity index (χ3v) is 4.62. The number of carbonyl (C=O) groups is 2. The maximum atomic E-state index is 13.8. The SMILES string of the molecule is O=C(Cc1c(F)cccc1Cl)N[C@H]1CC(=O)N(Cc2ccc(F)cc2)C1. The highest BCUT2D eigenvalue weighted by Crippen LogP contribution is 2.20. The van der Waals surface area contributed by atoms with E-state index < -0.39 is 11.7 Å². The van der Waals surface area contributed by atoms with Crippen LogP contribution < -0.4 is 5.32 Å². The molecule has 0 aromatic heterocycles. The molecule has 1 fully saturated rings. The minimum absolute atomic E-state index is 0.0939. The molecule has 0 unspecified atom stereocenters. The lowest BCUT2D eigenvalue weighted by Crippen LogP contribution is -2.38. The number of likely N-dealkylation sites (tertiary alicyclic amines) is 1. The van der Waals surface area contributed by atoms with E-state index in [2.05, 4.69) is 5.32 Å². The van der Waals surface area contributed by atoms with Gasteiger partial charge in [0.2, 0.25) is 11.8 Å². The predicted molar refractivity (Wildman–Crippen MR) is 93.5 cm³/mol. The van der Waals surface area contributed by atoms with Crippen molar-refractivity contribution in [2.45, 2.75) is 25.4 Å². The molecule has 26 heavy (non-hydrogen) atoms. The van der Waals surface area contributed by atoms with Gasteiger partial charge in [0.1, 0.15) is 11.6 Å². The van der Waals surface area contributed by atoms with Crippen LogP contribution in [0.25, 0.3) is 0 Å². The van der Waals surface area contributed by atoms with E-state index in [0.29, 0.717) is 13.1 Å². The van der Waals surface area contributed by atoms with E-state index in [1.807, 2.05) is 0 Å². The van der Waals surface area contributed by atoms with E-state index in [-0.39, 0.29) is 41.2 Å². The fraction of sp³-hybridized carbons (Fsp3) is 0.263. The molecule has 0 saturated carbocycles. The Balaban J connectivity index is 1.57. The van der Waals surface area contributed by atoms with Crippen LogP contribution in [0.1, 0.15) is 17.5 Å². The normalized spacial score (nSPS) is 16.8. The molecule has 0 bridgehead atoms. The van der Waals surface area contributed by atoms with Crippen molar-refractivity contribution >= 4 is 23.4 Å². The Morgan fingerprint density at radius 1 is 1.19 bits per heavy atom. The zero-order valence-corrected chi connectivity index (χ0v) is 14.6. The van der Waals surface area contributed by atoms with Gasteiger partial charge in [0, 0.05) is 30.1 Å². The topological polar surface area (TPSA) is 49.4 Å². The lowest BCUT2D eigenvalue weighted by molar-refractivity contribution is -0.128. The number of hydrogen-bond donors (Lipinski definition) is 1. The second-order valence-electron chi connectivity index (χ2n) is 6.25. The summed E-state index contributed by atoms with van der Waals surface area (Å²) in [5, 5.41) is 2.95. The van der Waals surface area contributed by atoms with E-state index >= 15 is 0 Å². The molecule has 1 aliphatic heterocycles. The number of halogens is 3. The Morgan fingerprint density at radius 3 is 2.62 bits per heavy atom. The Morgan fingerprint density at radius 2 is 1.92 bits per heavy atom. The molecule has 2 amide bonds. The first-order valence-corrected chi connectivity index (χ1v) is 8.54. The molecule has 3 rings (SSSR count). The van der Waals surface area contributed by atoms with Gasteiger partial charge in [-0.1, -0.05) is 29.8 Å². The summed E-state index contributed by atoms with van der Waals surface area (Å²) in [7, 11) is 0. The van der Waals surface area contributed by atoms with Gasteiger partial charge in [-0.15, -0.1) is 0 Å². The number of nitrogens with one attached hydrogen (secondary N) is 1. The molecule has 4 nitrogen and oxygen atoms in total. The van der Waals surface area contributed by atoms with Gasteiger partial charge in [0.25, 0.3) is 0 Å². The first kappa shape index (κ1) is 18.3. The van der Waals surface area contributed by atoms with Crippen molar-refractivity contribution in [3.8, 4) is 0 Å². The van der Waals surface area contributed by atoms with Gasteiger partial charge in [0.15, 0.2) is 0 Å². The maximum absolute atomic E-state index is 13.8. The van der Waals surface area contributed by atoms with Crippen LogP contribution in [0.5, 0.6) is 0 Å². The zero-order chi connectivity index (χ0) is 18.7. The minimum Gasteiger partial charge on any atom is -0.351 e.